The van der Waals surface area contributed by atoms with Gasteiger partial charge in [-0.15, -0.1) is 0 Å². The number of nitrogens with zero attached hydrogens (tertiary/aromatic N) is 1. The van der Waals surface area contributed by atoms with E-state index in [-0.39, 0.29) is 0 Å². The number of benzene rings is 1. The molecule has 1 heterocycles. The summed E-state index contributed by atoms with van der Waals surface area (Å²) >= 11 is 0. The summed E-state index contributed by atoms with van der Waals surface area (Å²) in [5.74, 6) is 1.76. The number of nitrogens with one attached hydrogen (secondary N) is 1. The zero-order valence-corrected chi connectivity index (χ0v) is 12.4. The quantitative estimate of drug-likeness (QED) is 0.659. The Kier molecular flexibility index (Phi) is 4.41. The maximum atomic E-state index is 5.11. The van der Waals surface area contributed by atoms with Gasteiger partial charge in [-0.2, -0.15) is 0 Å². The second-order valence-corrected chi connectivity index (χ2v) is 4.80. The largest absolute Gasteiger partial charge is 0.501 e. The summed E-state index contributed by atoms with van der Waals surface area (Å²) in [6, 6.07) is 10.3. The lowest BCUT2D eigenvalue weighted by Gasteiger charge is -2.10. The van der Waals surface area contributed by atoms with E-state index in [1.54, 1.807) is 7.11 Å². The molecule has 0 unspecified atom stereocenters. The molecule has 2 rings (SSSR count). The standard InChI is InChI=1S/C17H20N2O/c1-12-11-15-7-5-6-8-16(15)19-17(12)18-13(2)9-10-14(3)20-4/h5-11H,1-4H3,(H,18,19)/b13-9+,14-10+. The zero-order valence-electron chi connectivity index (χ0n) is 12.4. The third kappa shape index (κ3) is 3.38. The number of hydrogen-bond acceptors (Lipinski definition) is 3. The van der Waals surface area contributed by atoms with Crippen LogP contribution in [0.4, 0.5) is 5.82 Å². The number of aryl methyl sites for hydroxylation is 1. The molecule has 0 radical (unpaired) electrons. The van der Waals surface area contributed by atoms with E-state index in [0.29, 0.717) is 0 Å². The minimum absolute atomic E-state index is 0.870. The Balaban J connectivity index is 2.27. The van der Waals surface area contributed by atoms with Crippen molar-refractivity contribution in [1.29, 1.82) is 0 Å². The minimum Gasteiger partial charge on any atom is -0.501 e. The number of allylic oxidation sites excluding steroid dienone is 4. The predicted octanol–water partition coefficient (Wildman–Crippen LogP) is 4.41. The lowest BCUT2D eigenvalue weighted by Crippen LogP contribution is -2.00. The fraction of sp³-hybridized carbons (Fsp3) is 0.235. The van der Waals surface area contributed by atoms with Gasteiger partial charge in [-0.25, -0.2) is 4.98 Å². The molecular formula is C17H20N2O. The van der Waals surface area contributed by atoms with Crippen LogP contribution in [0.5, 0.6) is 0 Å². The van der Waals surface area contributed by atoms with E-state index >= 15 is 0 Å². The van der Waals surface area contributed by atoms with E-state index in [2.05, 4.69) is 29.4 Å². The summed E-state index contributed by atoms with van der Waals surface area (Å²) in [4.78, 5) is 4.66. The van der Waals surface area contributed by atoms with Gasteiger partial charge in [-0.1, -0.05) is 18.2 Å². The molecule has 0 aliphatic rings. The lowest BCUT2D eigenvalue weighted by molar-refractivity contribution is 0.294. The van der Waals surface area contributed by atoms with E-state index in [0.717, 1.165) is 33.7 Å². The molecule has 0 bridgehead atoms. The van der Waals surface area contributed by atoms with Crippen LogP contribution >= 0.6 is 0 Å². The predicted molar refractivity (Wildman–Crippen MR) is 84.6 cm³/mol. The Morgan fingerprint density at radius 1 is 1.20 bits per heavy atom. The molecule has 0 fully saturated rings. The number of methoxy groups -OCH3 is 1. The van der Waals surface area contributed by atoms with E-state index in [1.165, 1.54) is 0 Å². The van der Waals surface area contributed by atoms with Gasteiger partial charge in [0, 0.05) is 11.1 Å². The van der Waals surface area contributed by atoms with Gasteiger partial charge >= 0.3 is 0 Å². The molecule has 0 amide bonds. The number of hydrogen-bond donors (Lipinski definition) is 1. The van der Waals surface area contributed by atoms with Gasteiger partial charge < -0.3 is 10.1 Å². The monoisotopic (exact) mass is 268 g/mol. The summed E-state index contributed by atoms with van der Waals surface area (Å²) in [7, 11) is 1.66. The average molecular weight is 268 g/mol. The van der Waals surface area contributed by atoms with E-state index in [9.17, 15) is 0 Å². The Morgan fingerprint density at radius 3 is 2.70 bits per heavy atom. The molecular weight excluding hydrogens is 248 g/mol. The summed E-state index contributed by atoms with van der Waals surface area (Å²) in [5.41, 5.74) is 3.15. The third-order valence-corrected chi connectivity index (χ3v) is 3.12. The van der Waals surface area contributed by atoms with Crippen LogP contribution in [0.25, 0.3) is 10.9 Å². The molecule has 0 saturated carbocycles. The van der Waals surface area contributed by atoms with Gasteiger partial charge in [0.15, 0.2) is 0 Å². The van der Waals surface area contributed by atoms with Gasteiger partial charge in [0.1, 0.15) is 5.82 Å². The average Bonchev–Trinajstić information content (AvgIpc) is 2.45. The number of anilines is 1. The van der Waals surface area contributed by atoms with Crippen LogP contribution in [0.15, 0.2) is 53.9 Å². The van der Waals surface area contributed by atoms with Gasteiger partial charge in [-0.05, 0) is 50.6 Å². The van der Waals surface area contributed by atoms with Crippen molar-refractivity contribution < 1.29 is 4.74 Å². The molecule has 1 N–H and O–H groups in total. The van der Waals surface area contributed by atoms with E-state index in [1.807, 2.05) is 44.2 Å². The highest BCUT2D eigenvalue weighted by atomic mass is 16.5. The van der Waals surface area contributed by atoms with Crippen molar-refractivity contribution in [2.45, 2.75) is 20.8 Å². The van der Waals surface area contributed by atoms with Crippen molar-refractivity contribution >= 4 is 16.7 Å². The minimum atomic E-state index is 0.870. The van der Waals surface area contributed by atoms with E-state index < -0.39 is 0 Å². The highest BCUT2D eigenvalue weighted by Crippen LogP contribution is 2.20. The van der Waals surface area contributed by atoms with E-state index in [4.69, 9.17) is 4.74 Å². The van der Waals surface area contributed by atoms with Crippen LogP contribution in [-0.2, 0) is 4.74 Å². The molecule has 0 aliphatic carbocycles. The first-order chi connectivity index (χ1) is 9.60. The third-order valence-electron chi connectivity index (χ3n) is 3.12. The topological polar surface area (TPSA) is 34.1 Å². The molecule has 0 saturated heterocycles. The van der Waals surface area contributed by atoms with Crippen molar-refractivity contribution in [1.82, 2.24) is 4.98 Å². The first-order valence-corrected chi connectivity index (χ1v) is 6.62. The fourth-order valence-electron chi connectivity index (χ4n) is 1.89. The molecule has 1 aromatic carbocycles. The van der Waals surface area contributed by atoms with Crippen LogP contribution in [0.2, 0.25) is 0 Å². The molecule has 20 heavy (non-hydrogen) atoms. The number of aromatic nitrogens is 1. The number of para-hydroxylation sites is 1. The summed E-state index contributed by atoms with van der Waals surface area (Å²) < 4.78 is 5.11. The smallest absolute Gasteiger partial charge is 0.133 e. The van der Waals surface area contributed by atoms with Gasteiger partial charge in [0.05, 0.1) is 18.4 Å². The van der Waals surface area contributed by atoms with Crippen LogP contribution in [0.3, 0.4) is 0 Å². The van der Waals surface area contributed by atoms with Crippen molar-refractivity contribution in [3.63, 3.8) is 0 Å². The van der Waals surface area contributed by atoms with Gasteiger partial charge in [0.2, 0.25) is 0 Å². The molecule has 0 aliphatic heterocycles. The maximum Gasteiger partial charge on any atom is 0.133 e. The Morgan fingerprint density at radius 2 is 1.95 bits per heavy atom. The van der Waals surface area contributed by atoms with Gasteiger partial charge in [0.25, 0.3) is 0 Å². The Hall–Kier alpha value is -2.29. The molecule has 104 valence electrons. The normalized spacial score (nSPS) is 12.6. The molecule has 1 aromatic heterocycles. The molecule has 3 heteroatoms. The van der Waals surface area contributed by atoms with Crippen molar-refractivity contribution in [2.24, 2.45) is 0 Å². The first-order valence-electron chi connectivity index (χ1n) is 6.62. The van der Waals surface area contributed by atoms with Gasteiger partial charge in [-0.3, -0.25) is 0 Å². The van der Waals surface area contributed by atoms with Crippen LogP contribution in [-0.4, -0.2) is 12.1 Å². The molecule has 2 aromatic rings. The maximum absolute atomic E-state index is 5.11. The summed E-state index contributed by atoms with van der Waals surface area (Å²) in [5, 5.41) is 4.49. The number of rotatable bonds is 4. The second kappa shape index (κ2) is 6.24. The van der Waals surface area contributed by atoms with Crippen LogP contribution in [0.1, 0.15) is 19.4 Å². The zero-order chi connectivity index (χ0) is 14.5. The summed E-state index contributed by atoms with van der Waals surface area (Å²) in [6.45, 7) is 5.99. The number of ether oxygens (including phenoxy) is 1. The molecule has 0 spiro atoms. The lowest BCUT2D eigenvalue weighted by atomic mass is 10.1. The highest BCUT2D eigenvalue weighted by molar-refractivity contribution is 5.81. The molecule has 0 atom stereocenters. The number of pyridine rings is 1. The van der Waals surface area contributed by atoms with Crippen molar-refractivity contribution in [3.05, 3.63) is 59.5 Å². The van der Waals surface area contributed by atoms with Crippen molar-refractivity contribution in [2.75, 3.05) is 12.4 Å². The number of fused-ring (bicyclic) bond motifs is 1. The Bertz CT molecular complexity index is 672. The first kappa shape index (κ1) is 14.1. The Labute approximate surface area is 120 Å². The van der Waals surface area contributed by atoms with Crippen LogP contribution in [0, 0.1) is 6.92 Å². The highest BCUT2D eigenvalue weighted by Gasteiger charge is 2.02. The molecule has 3 nitrogen and oxygen atoms in total. The summed E-state index contributed by atoms with van der Waals surface area (Å²) in [6.07, 6.45) is 3.91. The van der Waals surface area contributed by atoms with Crippen molar-refractivity contribution in [3.8, 4) is 0 Å². The van der Waals surface area contributed by atoms with Crippen LogP contribution < -0.4 is 5.32 Å². The second-order valence-electron chi connectivity index (χ2n) is 4.80. The SMILES string of the molecule is CO/C(C)=C/C=C(\C)Nc1nc2ccccc2cc1C. The fourth-order valence-corrected chi connectivity index (χ4v) is 1.89.